The van der Waals surface area contributed by atoms with Crippen molar-refractivity contribution in [2.45, 2.75) is 12.5 Å². The van der Waals surface area contributed by atoms with Crippen molar-refractivity contribution in [3.8, 4) is 18.1 Å². The van der Waals surface area contributed by atoms with Crippen LogP contribution in [-0.4, -0.2) is 37.7 Å². The van der Waals surface area contributed by atoms with E-state index in [1.54, 1.807) is 0 Å². The molecule has 1 atom stereocenters. The van der Waals surface area contributed by atoms with Gasteiger partial charge in [0.05, 0.1) is 23.9 Å². The first-order valence-corrected chi connectivity index (χ1v) is 7.19. The van der Waals surface area contributed by atoms with E-state index in [1.165, 1.54) is 6.07 Å². The standard InChI is InChI=1S/C15H12ClFN2O4/c1-2-4-22-13-7-12(10(17)6-9(13)16)19-15(20)23-14-8-21-5-3-11(14)18-19/h1,6-7,14H,3-5,8H2. The van der Waals surface area contributed by atoms with Gasteiger partial charge >= 0.3 is 6.09 Å². The van der Waals surface area contributed by atoms with Crippen molar-refractivity contribution in [2.75, 3.05) is 24.8 Å². The van der Waals surface area contributed by atoms with Gasteiger partial charge in [0.1, 0.15) is 18.0 Å². The monoisotopic (exact) mass is 338 g/mol. The molecule has 8 heteroatoms. The smallest absolute Gasteiger partial charge is 0.436 e. The number of ether oxygens (including phenoxy) is 3. The first-order valence-electron chi connectivity index (χ1n) is 6.81. The topological polar surface area (TPSA) is 60.4 Å². The molecule has 0 spiro atoms. The number of amides is 1. The molecule has 23 heavy (non-hydrogen) atoms. The third-order valence-electron chi connectivity index (χ3n) is 3.33. The summed E-state index contributed by atoms with van der Waals surface area (Å²) in [4.78, 5) is 12.1. The van der Waals surface area contributed by atoms with E-state index in [0.29, 0.717) is 18.7 Å². The number of nitrogens with zero attached hydrogens (tertiary/aromatic N) is 2. The Balaban J connectivity index is 1.97. The van der Waals surface area contributed by atoms with E-state index in [-0.39, 0.29) is 29.7 Å². The normalized spacial score (nSPS) is 20.2. The molecule has 0 aromatic heterocycles. The van der Waals surface area contributed by atoms with Gasteiger partial charge in [0.15, 0.2) is 11.9 Å². The summed E-state index contributed by atoms with van der Waals surface area (Å²) in [5.74, 6) is 1.71. The van der Waals surface area contributed by atoms with Gasteiger partial charge in [-0.3, -0.25) is 0 Å². The van der Waals surface area contributed by atoms with Gasteiger partial charge < -0.3 is 14.2 Å². The molecule has 0 bridgehead atoms. The number of rotatable bonds is 3. The number of carbonyl (C=O) groups is 1. The second-order valence-electron chi connectivity index (χ2n) is 4.83. The molecule has 2 aliphatic rings. The van der Waals surface area contributed by atoms with Gasteiger partial charge in [-0.2, -0.15) is 10.1 Å². The Morgan fingerprint density at radius 3 is 3.17 bits per heavy atom. The van der Waals surface area contributed by atoms with Gasteiger partial charge in [0, 0.05) is 12.5 Å². The summed E-state index contributed by atoms with van der Waals surface area (Å²) in [7, 11) is 0. The van der Waals surface area contributed by atoms with Crippen LogP contribution in [0.1, 0.15) is 6.42 Å². The Kier molecular flexibility index (Phi) is 4.37. The quantitative estimate of drug-likeness (QED) is 0.795. The zero-order valence-corrected chi connectivity index (χ0v) is 12.7. The third-order valence-corrected chi connectivity index (χ3v) is 3.62. The van der Waals surface area contributed by atoms with Crippen molar-refractivity contribution < 1.29 is 23.4 Å². The highest BCUT2D eigenvalue weighted by Crippen LogP contribution is 2.34. The molecule has 6 nitrogen and oxygen atoms in total. The molecule has 120 valence electrons. The predicted octanol–water partition coefficient (Wildman–Crippen LogP) is 2.59. The lowest BCUT2D eigenvalue weighted by Gasteiger charge is -2.32. The summed E-state index contributed by atoms with van der Waals surface area (Å²) in [5, 5.41) is 5.08. The van der Waals surface area contributed by atoms with Crippen molar-refractivity contribution >= 4 is 29.1 Å². The molecule has 1 saturated heterocycles. The number of halogens is 2. The van der Waals surface area contributed by atoms with Gasteiger partial charge in [-0.1, -0.05) is 17.5 Å². The summed E-state index contributed by atoms with van der Waals surface area (Å²) < 4.78 is 29.9. The Morgan fingerprint density at radius 1 is 1.57 bits per heavy atom. The van der Waals surface area contributed by atoms with E-state index in [0.717, 1.165) is 11.1 Å². The number of anilines is 1. The van der Waals surface area contributed by atoms with Crippen molar-refractivity contribution in [3.63, 3.8) is 0 Å². The van der Waals surface area contributed by atoms with Gasteiger partial charge in [-0.05, 0) is 6.07 Å². The lowest BCUT2D eigenvalue weighted by Crippen LogP contribution is -2.46. The van der Waals surface area contributed by atoms with Crippen molar-refractivity contribution in [1.82, 2.24) is 0 Å². The lowest BCUT2D eigenvalue weighted by atomic mass is 10.1. The lowest BCUT2D eigenvalue weighted by molar-refractivity contribution is 0.0338. The number of benzene rings is 1. The fourth-order valence-electron chi connectivity index (χ4n) is 2.24. The molecular weight excluding hydrogens is 327 g/mol. The van der Waals surface area contributed by atoms with Crippen LogP contribution in [0.25, 0.3) is 0 Å². The molecule has 0 N–H and O–H groups in total. The highest BCUT2D eigenvalue weighted by Gasteiger charge is 2.35. The van der Waals surface area contributed by atoms with Gasteiger partial charge in [0.25, 0.3) is 0 Å². The van der Waals surface area contributed by atoms with E-state index >= 15 is 0 Å². The minimum Gasteiger partial charge on any atom is -0.479 e. The van der Waals surface area contributed by atoms with Gasteiger partial charge in [-0.15, -0.1) is 6.42 Å². The van der Waals surface area contributed by atoms with E-state index in [9.17, 15) is 9.18 Å². The number of hydrazone groups is 1. The highest BCUT2D eigenvalue weighted by atomic mass is 35.5. The summed E-state index contributed by atoms with van der Waals surface area (Å²) in [6.07, 6.45) is 4.30. The predicted molar refractivity (Wildman–Crippen MR) is 81.4 cm³/mol. The van der Waals surface area contributed by atoms with E-state index in [1.807, 2.05) is 0 Å². The number of terminal acetylenes is 1. The van der Waals surface area contributed by atoms with Crippen LogP contribution in [0, 0.1) is 18.2 Å². The van der Waals surface area contributed by atoms with Crippen LogP contribution in [0.2, 0.25) is 5.02 Å². The maximum atomic E-state index is 14.2. The summed E-state index contributed by atoms with van der Waals surface area (Å²) in [5.41, 5.74) is 0.500. The molecule has 1 aromatic carbocycles. The zero-order chi connectivity index (χ0) is 16.4. The van der Waals surface area contributed by atoms with E-state index < -0.39 is 18.0 Å². The summed E-state index contributed by atoms with van der Waals surface area (Å²) in [6.45, 7) is 0.682. The first kappa shape index (κ1) is 15.6. The van der Waals surface area contributed by atoms with Crippen molar-refractivity contribution in [3.05, 3.63) is 23.0 Å². The largest absolute Gasteiger partial charge is 0.479 e. The van der Waals surface area contributed by atoms with Crippen LogP contribution in [0.4, 0.5) is 14.9 Å². The van der Waals surface area contributed by atoms with Crippen molar-refractivity contribution in [1.29, 1.82) is 0 Å². The van der Waals surface area contributed by atoms with Crippen molar-refractivity contribution in [2.24, 2.45) is 5.10 Å². The van der Waals surface area contributed by atoms with Gasteiger partial charge in [0.2, 0.25) is 0 Å². The summed E-state index contributed by atoms with van der Waals surface area (Å²) in [6, 6.07) is 2.30. The molecular formula is C15H12ClFN2O4. The Labute approximate surface area is 136 Å². The second kappa shape index (κ2) is 6.44. The summed E-state index contributed by atoms with van der Waals surface area (Å²) >= 11 is 5.90. The van der Waals surface area contributed by atoms with Gasteiger partial charge in [-0.25, -0.2) is 9.18 Å². The number of fused-ring (bicyclic) bond motifs is 1. The molecule has 2 heterocycles. The third kappa shape index (κ3) is 3.09. The molecule has 1 unspecified atom stereocenters. The van der Waals surface area contributed by atoms with Crippen LogP contribution in [-0.2, 0) is 9.47 Å². The zero-order valence-electron chi connectivity index (χ0n) is 11.9. The Morgan fingerprint density at radius 2 is 2.39 bits per heavy atom. The minimum atomic E-state index is -0.798. The van der Waals surface area contributed by atoms with E-state index in [2.05, 4.69) is 11.0 Å². The SMILES string of the molecule is C#CCOc1cc(N2N=C3CCOCC3OC2=O)c(F)cc1Cl. The average molecular weight is 339 g/mol. The molecule has 3 rings (SSSR count). The average Bonchev–Trinajstić information content (AvgIpc) is 2.54. The Hall–Kier alpha value is -2.30. The molecule has 2 aliphatic heterocycles. The van der Waals surface area contributed by atoms with E-state index in [4.69, 9.17) is 32.2 Å². The van der Waals surface area contributed by atoms with Crippen LogP contribution in [0.15, 0.2) is 17.2 Å². The maximum absolute atomic E-state index is 14.2. The molecule has 1 amide bonds. The van der Waals surface area contributed by atoms with Crippen LogP contribution >= 0.6 is 11.6 Å². The van der Waals surface area contributed by atoms with Crippen LogP contribution in [0.5, 0.6) is 5.75 Å². The first-order chi connectivity index (χ1) is 11.1. The highest BCUT2D eigenvalue weighted by molar-refractivity contribution is 6.32. The molecule has 0 saturated carbocycles. The van der Waals surface area contributed by atoms with Crippen LogP contribution in [0.3, 0.4) is 0 Å². The molecule has 1 fully saturated rings. The molecule has 0 radical (unpaired) electrons. The number of hydrogen-bond acceptors (Lipinski definition) is 5. The maximum Gasteiger partial charge on any atom is 0.436 e. The Bertz CT molecular complexity index is 716. The fraction of sp³-hybridized carbons (Fsp3) is 0.333. The molecule has 0 aliphatic carbocycles. The second-order valence-corrected chi connectivity index (χ2v) is 5.23. The van der Waals surface area contributed by atoms with Crippen LogP contribution < -0.4 is 9.75 Å². The fourth-order valence-corrected chi connectivity index (χ4v) is 2.45. The number of carbonyl (C=O) groups excluding carboxylic acids is 1. The molecule has 1 aromatic rings. The minimum absolute atomic E-state index is 0.0385. The number of hydrogen-bond donors (Lipinski definition) is 0.